The third-order valence-corrected chi connectivity index (χ3v) is 17.1. The van der Waals surface area contributed by atoms with Crippen LogP contribution in [0.2, 0.25) is 0 Å². The van der Waals surface area contributed by atoms with Crippen molar-refractivity contribution >= 4 is 49.6 Å². The van der Waals surface area contributed by atoms with Gasteiger partial charge >= 0.3 is 0 Å². The van der Waals surface area contributed by atoms with E-state index in [0.29, 0.717) is 11.1 Å². The number of hydrogen-bond acceptors (Lipinski definition) is 1. The number of para-hydroxylation sites is 2. The normalized spacial score (nSPS) is 16.2. The molecule has 0 radical (unpaired) electrons. The number of aromatic nitrogens is 1. The number of hydrogen-bond donors (Lipinski definition) is 0. The molecule has 1 heterocycles. The van der Waals surface area contributed by atoms with Gasteiger partial charge in [-0.1, -0.05) is 206 Å². The minimum atomic E-state index is -1.11. The summed E-state index contributed by atoms with van der Waals surface area (Å²) in [4.78, 5) is 2.41. The number of anilines is 3. The van der Waals surface area contributed by atoms with E-state index in [9.17, 15) is 4.11 Å². The minimum absolute atomic E-state index is 0.0207. The molecule has 0 amide bonds. The van der Waals surface area contributed by atoms with E-state index in [1.807, 2.05) is 0 Å². The molecule has 0 fully saturated rings. The molecule has 0 N–H and O–H groups in total. The maximum Gasteiger partial charge on any atom is 0.0726 e. The third kappa shape index (κ3) is 4.91. The molecule has 1 aromatic heterocycles. The van der Waals surface area contributed by atoms with Gasteiger partial charge in [0.25, 0.3) is 0 Å². The van der Waals surface area contributed by atoms with Gasteiger partial charge in [0.05, 0.1) is 27.3 Å². The van der Waals surface area contributed by atoms with E-state index in [2.05, 4.69) is 252 Å². The van der Waals surface area contributed by atoms with Crippen LogP contribution < -0.4 is 4.90 Å². The quantitative estimate of drug-likeness (QED) is 0.171. The number of fused-ring (bicyclic) bond motifs is 22. The van der Waals surface area contributed by atoms with Gasteiger partial charge in [0.15, 0.2) is 0 Å². The van der Waals surface area contributed by atoms with E-state index in [0.717, 1.165) is 88.7 Å². The summed E-state index contributed by atoms with van der Waals surface area (Å²) in [5.41, 5.74) is 21.5. The van der Waals surface area contributed by atoms with Gasteiger partial charge in [0.2, 0.25) is 0 Å². The molecule has 74 heavy (non-hydrogen) atoms. The molecule has 2 nitrogen and oxygen atoms in total. The average Bonchev–Trinajstić information content (AvgIpc) is 4.34. The first-order valence-corrected chi connectivity index (χ1v) is 25.6. The zero-order chi connectivity index (χ0) is 51.8. The van der Waals surface area contributed by atoms with Crippen LogP contribution in [0.4, 0.5) is 17.1 Å². The van der Waals surface area contributed by atoms with Crippen LogP contribution in [0.25, 0.3) is 82.8 Å². The van der Waals surface area contributed by atoms with Crippen molar-refractivity contribution in [2.24, 2.45) is 0 Å². The van der Waals surface area contributed by atoms with E-state index < -0.39 is 10.8 Å². The lowest BCUT2D eigenvalue weighted by atomic mass is 9.61. The highest BCUT2D eigenvalue weighted by atomic mass is 15.1. The number of rotatable bonds is 4. The summed E-state index contributed by atoms with van der Waals surface area (Å²) >= 11 is 0. The second-order valence-corrected chi connectivity index (χ2v) is 20.3. The maximum atomic E-state index is 9.99. The van der Waals surface area contributed by atoms with Gasteiger partial charge in [-0.3, -0.25) is 0 Å². The third-order valence-electron chi connectivity index (χ3n) is 17.1. The van der Waals surface area contributed by atoms with Crippen LogP contribution in [0.3, 0.4) is 0 Å². The standard InChI is InChI=1S/C72H44N2/c1-2-20-46(21-3-1)74-68-35-15-9-27-57(68)59-42-47(38-41-69(59)74)73(48-36-39-55-52-24-6-12-31-62(52)71(66(55)43-48)60-29-10-4-22-50(60)51-23-5-11-30-61(51)71)49-37-40-56-53-25-7-13-32-63(53)72(67(56)44-49)64-33-14-8-26-54(64)58-28-16-18-45-19-17-34-65(72)70(45)58/h1-44H/i7D,13D,25D,32D. The molecule has 0 bridgehead atoms. The zero-order valence-electron chi connectivity index (χ0n) is 44.0. The van der Waals surface area contributed by atoms with Crippen molar-refractivity contribution in [3.05, 3.63) is 311 Å². The fourth-order valence-corrected chi connectivity index (χ4v) is 14.4. The molecule has 17 rings (SSSR count). The Morgan fingerprint density at radius 2 is 0.770 bits per heavy atom. The van der Waals surface area contributed by atoms with Crippen molar-refractivity contribution in [1.82, 2.24) is 4.57 Å². The van der Waals surface area contributed by atoms with Crippen LogP contribution in [-0.4, -0.2) is 4.57 Å². The van der Waals surface area contributed by atoms with Crippen molar-refractivity contribution < 1.29 is 5.48 Å². The van der Waals surface area contributed by atoms with Crippen LogP contribution in [0.15, 0.2) is 267 Å². The highest BCUT2D eigenvalue weighted by Gasteiger charge is 2.53. The van der Waals surface area contributed by atoms with E-state index >= 15 is 0 Å². The van der Waals surface area contributed by atoms with E-state index in [1.165, 1.54) is 44.5 Å². The summed E-state index contributed by atoms with van der Waals surface area (Å²) in [6.07, 6.45) is 0. The predicted octanol–water partition coefficient (Wildman–Crippen LogP) is 18.1. The van der Waals surface area contributed by atoms with Gasteiger partial charge in [0.1, 0.15) is 0 Å². The van der Waals surface area contributed by atoms with Crippen LogP contribution in [0.5, 0.6) is 0 Å². The lowest BCUT2D eigenvalue weighted by Crippen LogP contribution is -2.32. The van der Waals surface area contributed by atoms with Crippen LogP contribution in [-0.2, 0) is 10.8 Å². The molecular weight excluding hydrogens is 893 g/mol. The zero-order valence-corrected chi connectivity index (χ0v) is 40.0. The smallest absolute Gasteiger partial charge is 0.0726 e. The van der Waals surface area contributed by atoms with Gasteiger partial charge in [-0.15, -0.1) is 0 Å². The van der Waals surface area contributed by atoms with Gasteiger partial charge in [0, 0.05) is 33.5 Å². The summed E-state index contributed by atoms with van der Waals surface area (Å²) in [5, 5.41) is 4.45. The number of nitrogens with zero attached hydrogens (tertiary/aromatic N) is 2. The Morgan fingerprint density at radius 3 is 1.43 bits per heavy atom. The Bertz CT molecular complexity index is 4750. The largest absolute Gasteiger partial charge is 0.310 e. The molecular formula is C72H44N2. The van der Waals surface area contributed by atoms with Crippen molar-refractivity contribution in [1.29, 1.82) is 0 Å². The summed E-state index contributed by atoms with van der Waals surface area (Å²) in [6.45, 7) is 0. The number of benzene rings is 12. The topological polar surface area (TPSA) is 8.17 Å². The molecule has 4 aliphatic rings. The molecule has 0 saturated heterocycles. The highest BCUT2D eigenvalue weighted by Crippen LogP contribution is 2.65. The van der Waals surface area contributed by atoms with Crippen LogP contribution >= 0.6 is 0 Å². The monoisotopic (exact) mass is 940 g/mol. The molecule has 2 heteroatoms. The Morgan fingerprint density at radius 1 is 0.311 bits per heavy atom. The van der Waals surface area contributed by atoms with Crippen molar-refractivity contribution in [3.63, 3.8) is 0 Å². The predicted molar refractivity (Wildman–Crippen MR) is 306 cm³/mol. The summed E-state index contributed by atoms with van der Waals surface area (Å²) in [7, 11) is 0. The molecule has 12 aromatic carbocycles. The first-order chi connectivity index (χ1) is 38.4. The lowest BCUT2D eigenvalue weighted by molar-refractivity contribution is 0.773. The molecule has 2 spiro atoms. The Labute approximate surface area is 434 Å². The summed E-state index contributed by atoms with van der Waals surface area (Å²) in [5.74, 6) is 0. The first kappa shape index (κ1) is 36.4. The first-order valence-electron chi connectivity index (χ1n) is 27.6. The van der Waals surface area contributed by atoms with Gasteiger partial charge < -0.3 is 9.47 Å². The summed E-state index contributed by atoms with van der Waals surface area (Å²) in [6, 6.07) is 87.6. The van der Waals surface area contributed by atoms with Crippen molar-refractivity contribution in [2.45, 2.75) is 10.8 Å². The highest BCUT2D eigenvalue weighted by molar-refractivity contribution is 6.11. The molecule has 0 saturated carbocycles. The van der Waals surface area contributed by atoms with Crippen molar-refractivity contribution in [2.75, 3.05) is 4.90 Å². The molecule has 0 aliphatic heterocycles. The molecule has 1 unspecified atom stereocenters. The fraction of sp³-hybridized carbons (Fsp3) is 0.0278. The molecule has 1 atom stereocenters. The molecule has 4 aliphatic carbocycles. The Kier molecular flexibility index (Phi) is 7.17. The van der Waals surface area contributed by atoms with E-state index in [4.69, 9.17) is 1.37 Å². The molecule has 342 valence electrons. The van der Waals surface area contributed by atoms with E-state index in [-0.39, 0.29) is 24.2 Å². The second kappa shape index (κ2) is 14.6. The summed E-state index contributed by atoms with van der Waals surface area (Å²) < 4.78 is 40.6. The van der Waals surface area contributed by atoms with Crippen LogP contribution in [0, 0.1) is 0 Å². The van der Waals surface area contributed by atoms with E-state index in [1.54, 1.807) is 0 Å². The molecule has 13 aromatic rings. The van der Waals surface area contributed by atoms with Crippen LogP contribution in [0.1, 0.15) is 50.0 Å². The van der Waals surface area contributed by atoms with Gasteiger partial charge in [-0.2, -0.15) is 0 Å². The maximum absolute atomic E-state index is 9.99. The Hall–Kier alpha value is -9.50. The minimum Gasteiger partial charge on any atom is -0.310 e. The SMILES string of the molecule is [2H]c1c([2H])c([2H])c2c(c1[2H])-c1ccc(N(c3ccc4c(c3)C3(c5ccccc5-c5ccccc53)c3ccccc3-4)c3ccc4c(c3)c3ccccc3n4-c3ccccc3)cc1C21c2ccccc2-c2cccc3cccc1c23. The average molecular weight is 941 g/mol. The van der Waals surface area contributed by atoms with Gasteiger partial charge in [-0.05, 0) is 160 Å². The lowest BCUT2D eigenvalue weighted by Gasteiger charge is -2.40. The van der Waals surface area contributed by atoms with Gasteiger partial charge in [-0.25, -0.2) is 0 Å². The second-order valence-electron chi connectivity index (χ2n) is 20.3. The Balaban J connectivity index is 0.987. The van der Waals surface area contributed by atoms with Crippen molar-refractivity contribution in [3.8, 4) is 50.2 Å². The fourth-order valence-electron chi connectivity index (χ4n) is 14.4.